The lowest BCUT2D eigenvalue weighted by Crippen LogP contribution is -2.19. The molecule has 0 bridgehead atoms. The Morgan fingerprint density at radius 2 is 1.78 bits per heavy atom. The van der Waals surface area contributed by atoms with E-state index in [1.807, 2.05) is 42.5 Å². The summed E-state index contributed by atoms with van der Waals surface area (Å²) in [7, 11) is 3.32. The molecule has 0 radical (unpaired) electrons. The Labute approximate surface area is 142 Å². The second kappa shape index (κ2) is 9.40. The van der Waals surface area contributed by atoms with Crippen LogP contribution in [0.3, 0.4) is 0 Å². The molecule has 2 aromatic carbocycles. The Balaban J connectivity index is 2.10. The molecule has 0 saturated heterocycles. The lowest BCUT2D eigenvalue weighted by Gasteiger charge is -2.16. The van der Waals surface area contributed by atoms with Gasteiger partial charge in [0.15, 0.2) is 11.5 Å². The van der Waals surface area contributed by atoms with Gasteiger partial charge in [0.25, 0.3) is 0 Å². The number of rotatable bonds is 9. The second-order valence-corrected chi connectivity index (χ2v) is 5.41. The molecule has 2 aromatic rings. The molecule has 0 unspecified atom stereocenters. The minimum absolute atomic E-state index is 0.394. The van der Waals surface area contributed by atoms with E-state index in [9.17, 15) is 0 Å². The molecule has 1 N–H and O–H groups in total. The number of hydrogen-bond acceptors (Lipinski definition) is 4. The maximum absolute atomic E-state index is 6.18. The molecule has 0 aliphatic carbocycles. The monoisotopic (exact) mass is 335 g/mol. The van der Waals surface area contributed by atoms with Gasteiger partial charge in [-0.05, 0) is 12.1 Å². The van der Waals surface area contributed by atoms with Crippen molar-refractivity contribution in [2.45, 2.75) is 13.2 Å². The zero-order valence-corrected chi connectivity index (χ0v) is 14.2. The lowest BCUT2D eigenvalue weighted by atomic mass is 10.1. The molecule has 4 nitrogen and oxygen atoms in total. The molecule has 124 valence electrons. The van der Waals surface area contributed by atoms with Crippen LogP contribution in [0.5, 0.6) is 11.5 Å². The molecule has 0 aliphatic heterocycles. The second-order valence-electron chi connectivity index (χ2n) is 5.00. The molecule has 0 spiro atoms. The number of nitrogens with one attached hydrogen (secondary N) is 1. The SMILES string of the molecule is COCCNCc1cccc(OC)c1OCc1ccccc1Cl. The number of halogens is 1. The van der Waals surface area contributed by atoms with Gasteiger partial charge in [-0.1, -0.05) is 41.9 Å². The quantitative estimate of drug-likeness (QED) is 0.710. The van der Waals surface area contributed by atoms with Crippen molar-refractivity contribution in [2.24, 2.45) is 0 Å². The standard InChI is InChI=1S/C18H22ClNO3/c1-21-11-10-20-12-14-7-5-9-17(22-2)18(14)23-13-15-6-3-4-8-16(15)19/h3-9,20H,10-13H2,1-2H3. The van der Waals surface area contributed by atoms with Gasteiger partial charge in [-0.2, -0.15) is 0 Å². The molecule has 0 heterocycles. The molecule has 2 rings (SSSR count). The summed E-state index contributed by atoms with van der Waals surface area (Å²) >= 11 is 6.18. The minimum Gasteiger partial charge on any atom is -0.493 e. The van der Waals surface area contributed by atoms with Crippen molar-refractivity contribution < 1.29 is 14.2 Å². The summed E-state index contributed by atoms with van der Waals surface area (Å²) in [6.07, 6.45) is 0. The fraction of sp³-hybridized carbons (Fsp3) is 0.333. The van der Waals surface area contributed by atoms with E-state index in [2.05, 4.69) is 5.32 Å². The van der Waals surface area contributed by atoms with Gasteiger partial charge >= 0.3 is 0 Å². The average molecular weight is 336 g/mol. The molecule has 5 heteroatoms. The molecule has 23 heavy (non-hydrogen) atoms. The predicted molar refractivity (Wildman–Crippen MR) is 92.4 cm³/mol. The van der Waals surface area contributed by atoms with Crippen molar-refractivity contribution in [2.75, 3.05) is 27.4 Å². The van der Waals surface area contributed by atoms with Crippen molar-refractivity contribution in [1.82, 2.24) is 5.32 Å². The first kappa shape index (κ1) is 17.6. The van der Waals surface area contributed by atoms with Crippen LogP contribution in [0.15, 0.2) is 42.5 Å². The van der Waals surface area contributed by atoms with Crippen molar-refractivity contribution in [3.8, 4) is 11.5 Å². The summed E-state index contributed by atoms with van der Waals surface area (Å²) in [5, 5.41) is 4.01. The number of para-hydroxylation sites is 1. The Kier molecular flexibility index (Phi) is 7.20. The summed E-state index contributed by atoms with van der Waals surface area (Å²) in [4.78, 5) is 0. The van der Waals surface area contributed by atoms with E-state index in [-0.39, 0.29) is 0 Å². The topological polar surface area (TPSA) is 39.7 Å². The van der Waals surface area contributed by atoms with E-state index in [4.69, 9.17) is 25.8 Å². The van der Waals surface area contributed by atoms with Crippen LogP contribution in [0.1, 0.15) is 11.1 Å². The van der Waals surface area contributed by atoms with Gasteiger partial charge in [-0.3, -0.25) is 0 Å². The molecule has 0 saturated carbocycles. The van der Waals surface area contributed by atoms with Crippen LogP contribution >= 0.6 is 11.6 Å². The number of ether oxygens (including phenoxy) is 3. The normalized spacial score (nSPS) is 10.6. The van der Waals surface area contributed by atoms with Crippen LogP contribution in [0.2, 0.25) is 5.02 Å². The first-order valence-corrected chi connectivity index (χ1v) is 7.85. The fourth-order valence-corrected chi connectivity index (χ4v) is 2.38. The van der Waals surface area contributed by atoms with Gasteiger partial charge in [0.2, 0.25) is 0 Å². The molecule has 0 atom stereocenters. The molecule has 0 aliphatic rings. The minimum atomic E-state index is 0.394. The van der Waals surface area contributed by atoms with E-state index in [0.29, 0.717) is 30.5 Å². The van der Waals surface area contributed by atoms with Crippen molar-refractivity contribution >= 4 is 11.6 Å². The van der Waals surface area contributed by atoms with Gasteiger partial charge in [-0.15, -0.1) is 0 Å². The van der Waals surface area contributed by atoms with Crippen LogP contribution in [0.25, 0.3) is 0 Å². The third-order valence-corrected chi connectivity index (χ3v) is 3.78. The fourth-order valence-electron chi connectivity index (χ4n) is 2.19. The summed E-state index contributed by atoms with van der Waals surface area (Å²) in [6.45, 7) is 2.51. The van der Waals surface area contributed by atoms with Crippen molar-refractivity contribution in [3.05, 3.63) is 58.6 Å². The number of methoxy groups -OCH3 is 2. The van der Waals surface area contributed by atoms with Crippen LogP contribution in [0.4, 0.5) is 0 Å². The molecule has 0 amide bonds. The Hall–Kier alpha value is -1.75. The molecular formula is C18H22ClNO3. The van der Waals surface area contributed by atoms with E-state index in [1.165, 1.54) is 0 Å². The van der Waals surface area contributed by atoms with Crippen LogP contribution in [-0.2, 0) is 17.9 Å². The van der Waals surface area contributed by atoms with Gasteiger partial charge in [0.1, 0.15) is 6.61 Å². The van der Waals surface area contributed by atoms with Gasteiger partial charge in [-0.25, -0.2) is 0 Å². The van der Waals surface area contributed by atoms with Crippen molar-refractivity contribution in [1.29, 1.82) is 0 Å². The third kappa shape index (κ3) is 5.13. The van der Waals surface area contributed by atoms with Crippen LogP contribution in [0, 0.1) is 0 Å². The highest BCUT2D eigenvalue weighted by Crippen LogP contribution is 2.32. The largest absolute Gasteiger partial charge is 0.493 e. The summed E-state index contributed by atoms with van der Waals surface area (Å²) in [5.74, 6) is 1.45. The maximum atomic E-state index is 6.18. The van der Waals surface area contributed by atoms with Crippen molar-refractivity contribution in [3.63, 3.8) is 0 Å². The molecule has 0 aromatic heterocycles. The van der Waals surface area contributed by atoms with E-state index < -0.39 is 0 Å². The van der Waals surface area contributed by atoms with E-state index in [1.54, 1.807) is 14.2 Å². The van der Waals surface area contributed by atoms with Gasteiger partial charge in [0.05, 0.1) is 13.7 Å². The summed E-state index contributed by atoms with van der Waals surface area (Å²) < 4.78 is 16.5. The highest BCUT2D eigenvalue weighted by Gasteiger charge is 2.11. The van der Waals surface area contributed by atoms with E-state index >= 15 is 0 Å². The zero-order valence-electron chi connectivity index (χ0n) is 13.5. The Morgan fingerprint density at radius 1 is 1.00 bits per heavy atom. The summed E-state index contributed by atoms with van der Waals surface area (Å²) in [5.41, 5.74) is 1.98. The van der Waals surface area contributed by atoms with Crippen LogP contribution in [-0.4, -0.2) is 27.4 Å². The highest BCUT2D eigenvalue weighted by molar-refractivity contribution is 6.31. The van der Waals surface area contributed by atoms with Crippen LogP contribution < -0.4 is 14.8 Å². The van der Waals surface area contributed by atoms with Gasteiger partial charge in [0, 0.05) is 36.3 Å². The number of benzene rings is 2. The lowest BCUT2D eigenvalue weighted by molar-refractivity contribution is 0.199. The highest BCUT2D eigenvalue weighted by atomic mass is 35.5. The first-order chi connectivity index (χ1) is 11.3. The zero-order chi connectivity index (χ0) is 16.5. The Bertz CT molecular complexity index is 619. The predicted octanol–water partition coefficient (Wildman–Crippen LogP) is 3.66. The third-order valence-electron chi connectivity index (χ3n) is 3.41. The first-order valence-electron chi connectivity index (χ1n) is 7.48. The average Bonchev–Trinajstić information content (AvgIpc) is 2.58. The van der Waals surface area contributed by atoms with E-state index in [0.717, 1.165) is 23.4 Å². The smallest absolute Gasteiger partial charge is 0.166 e. The van der Waals surface area contributed by atoms with Gasteiger partial charge < -0.3 is 19.5 Å². The molecular weight excluding hydrogens is 314 g/mol. The Morgan fingerprint density at radius 3 is 2.52 bits per heavy atom. The maximum Gasteiger partial charge on any atom is 0.166 e. The summed E-state index contributed by atoms with van der Waals surface area (Å²) in [6, 6.07) is 13.5. The number of hydrogen-bond donors (Lipinski definition) is 1. The molecule has 0 fully saturated rings.